The quantitative estimate of drug-likeness (QED) is 0.872. The van der Waals surface area contributed by atoms with E-state index in [1.807, 2.05) is 0 Å². The molecule has 96 valence electrons. The van der Waals surface area contributed by atoms with Crippen LogP contribution in [-0.2, 0) is 4.79 Å². The predicted octanol–water partition coefficient (Wildman–Crippen LogP) is 0.989. The molecule has 0 saturated carbocycles. The fourth-order valence-corrected chi connectivity index (χ4v) is 1.18. The van der Waals surface area contributed by atoms with Crippen molar-refractivity contribution >= 4 is 5.91 Å². The van der Waals surface area contributed by atoms with E-state index in [0.29, 0.717) is 0 Å². The lowest BCUT2D eigenvalue weighted by Gasteiger charge is -2.12. The van der Waals surface area contributed by atoms with Gasteiger partial charge >= 0.3 is 6.18 Å². The molecule has 0 bridgehead atoms. The zero-order valence-electron chi connectivity index (χ0n) is 9.17. The minimum Gasteiger partial charge on any atom is -0.380 e. The topological polar surface area (TPSA) is 64.2 Å². The molecule has 1 atom stereocenters. The summed E-state index contributed by atoms with van der Waals surface area (Å²) in [6, 6.07) is 0.0200. The Hall–Kier alpha value is -1.73. The maximum Gasteiger partial charge on any atom is 0.405 e. The van der Waals surface area contributed by atoms with Crippen molar-refractivity contribution in [2.45, 2.75) is 26.1 Å². The third kappa shape index (κ3) is 3.65. The summed E-state index contributed by atoms with van der Waals surface area (Å²) in [6.45, 7) is 1.33. The first-order valence-electron chi connectivity index (χ1n) is 4.74. The largest absolute Gasteiger partial charge is 0.405 e. The lowest BCUT2D eigenvalue weighted by Crippen LogP contribution is -2.39. The molecule has 5 nitrogen and oxygen atoms in total. The first kappa shape index (κ1) is 13.3. The molecule has 0 aromatic carbocycles. The van der Waals surface area contributed by atoms with Crippen LogP contribution >= 0.6 is 0 Å². The molecule has 0 fully saturated rings. The fraction of sp³-hybridized carbons (Fsp3) is 0.556. The molecule has 17 heavy (non-hydrogen) atoms. The number of aromatic nitrogens is 1. The average molecular weight is 252 g/mol. The van der Waals surface area contributed by atoms with Gasteiger partial charge in [0.2, 0.25) is 5.91 Å². The zero-order valence-corrected chi connectivity index (χ0v) is 9.17. The molecular formula is C9H11F3N2O3. The van der Waals surface area contributed by atoms with E-state index in [9.17, 15) is 22.8 Å². The van der Waals surface area contributed by atoms with Crippen LogP contribution in [0.2, 0.25) is 0 Å². The molecule has 0 aliphatic heterocycles. The van der Waals surface area contributed by atoms with Crippen molar-refractivity contribution in [3.05, 3.63) is 22.2 Å². The van der Waals surface area contributed by atoms with E-state index < -0.39 is 30.2 Å². The van der Waals surface area contributed by atoms with Crippen molar-refractivity contribution in [3.63, 3.8) is 0 Å². The van der Waals surface area contributed by atoms with Crippen LogP contribution in [0.1, 0.15) is 18.7 Å². The second-order valence-corrected chi connectivity index (χ2v) is 3.52. The van der Waals surface area contributed by atoms with Gasteiger partial charge in [0.05, 0.1) is 0 Å². The summed E-state index contributed by atoms with van der Waals surface area (Å²) in [4.78, 5) is 22.6. The Morgan fingerprint density at radius 2 is 2.18 bits per heavy atom. The number of nitrogens with zero attached hydrogens (tertiary/aromatic N) is 1. The van der Waals surface area contributed by atoms with Gasteiger partial charge in [-0.3, -0.25) is 9.59 Å². The molecule has 1 amide bonds. The van der Waals surface area contributed by atoms with Gasteiger partial charge < -0.3 is 9.84 Å². The number of nitrogens with one attached hydrogen (secondary N) is 1. The third-order valence-corrected chi connectivity index (χ3v) is 1.98. The molecule has 1 aromatic heterocycles. The highest BCUT2D eigenvalue weighted by atomic mass is 19.4. The maximum atomic E-state index is 11.9. The highest BCUT2D eigenvalue weighted by molar-refractivity contribution is 5.79. The van der Waals surface area contributed by atoms with Gasteiger partial charge in [-0.2, -0.15) is 17.9 Å². The van der Waals surface area contributed by atoms with Crippen LogP contribution < -0.4 is 10.9 Å². The molecule has 1 heterocycles. The molecule has 1 unspecified atom stereocenters. The van der Waals surface area contributed by atoms with E-state index in [1.165, 1.54) is 13.8 Å². The Labute approximate surface area is 94.2 Å². The number of carbonyl (C=O) groups is 1. The molecule has 0 radical (unpaired) electrons. The number of hydrogen-bond donors (Lipinski definition) is 1. The molecule has 0 aliphatic rings. The van der Waals surface area contributed by atoms with E-state index in [0.717, 1.165) is 10.8 Å². The summed E-state index contributed by atoms with van der Waals surface area (Å²) in [5.41, 5.74) is -0.572. The first-order chi connectivity index (χ1) is 7.70. The van der Waals surface area contributed by atoms with Crippen molar-refractivity contribution in [1.29, 1.82) is 0 Å². The number of carbonyl (C=O) groups excluding carboxylic acids is 1. The van der Waals surface area contributed by atoms with Crippen LogP contribution in [-0.4, -0.2) is 23.4 Å². The standard InChI is InChI=1S/C9H11F3N2O3/c1-5-3-7(15)14(17-5)6(2)8(16)13-4-9(10,11)12/h3,6H,4H2,1-2H3,(H,13,16). The maximum absolute atomic E-state index is 11.9. The van der Waals surface area contributed by atoms with Crippen LogP contribution in [0.3, 0.4) is 0 Å². The van der Waals surface area contributed by atoms with Gasteiger partial charge in [0.1, 0.15) is 18.3 Å². The van der Waals surface area contributed by atoms with Gasteiger partial charge in [-0.25, -0.2) is 0 Å². The Morgan fingerprint density at radius 1 is 1.59 bits per heavy atom. The number of halogens is 3. The Bertz CT molecular complexity index is 461. The molecule has 0 spiro atoms. The van der Waals surface area contributed by atoms with E-state index in [1.54, 1.807) is 5.32 Å². The molecule has 8 heteroatoms. The summed E-state index contributed by atoms with van der Waals surface area (Å²) in [5, 5.41) is 1.67. The highest BCUT2D eigenvalue weighted by Crippen LogP contribution is 2.13. The number of rotatable bonds is 3. The van der Waals surface area contributed by atoms with Crippen LogP contribution in [0.5, 0.6) is 0 Å². The number of alkyl halides is 3. The SMILES string of the molecule is Cc1cc(=O)n(C(C)C(=O)NCC(F)(F)F)o1. The lowest BCUT2D eigenvalue weighted by molar-refractivity contribution is -0.141. The lowest BCUT2D eigenvalue weighted by atomic mass is 10.3. The number of hydrogen-bond acceptors (Lipinski definition) is 3. The molecular weight excluding hydrogens is 241 g/mol. The van der Waals surface area contributed by atoms with Gasteiger partial charge in [-0.15, -0.1) is 0 Å². The predicted molar refractivity (Wildman–Crippen MR) is 51.5 cm³/mol. The summed E-state index contributed by atoms with van der Waals surface area (Å²) < 4.78 is 41.2. The Balaban J connectivity index is 2.71. The van der Waals surface area contributed by atoms with Crippen molar-refractivity contribution in [2.24, 2.45) is 0 Å². The Morgan fingerprint density at radius 3 is 2.59 bits per heavy atom. The van der Waals surface area contributed by atoms with Crippen LogP contribution in [0.25, 0.3) is 0 Å². The normalized spacial score (nSPS) is 13.5. The van der Waals surface area contributed by atoms with Crippen molar-refractivity contribution in [1.82, 2.24) is 10.1 Å². The van der Waals surface area contributed by atoms with Gasteiger partial charge in [-0.05, 0) is 13.8 Å². The minimum atomic E-state index is -4.49. The number of amides is 1. The van der Waals surface area contributed by atoms with E-state index in [4.69, 9.17) is 4.52 Å². The van der Waals surface area contributed by atoms with Crippen LogP contribution in [0, 0.1) is 6.92 Å². The fourth-order valence-electron chi connectivity index (χ4n) is 1.18. The Kier molecular flexibility index (Phi) is 3.64. The minimum absolute atomic E-state index is 0.283. The molecule has 1 rings (SSSR count). The monoisotopic (exact) mass is 252 g/mol. The van der Waals surface area contributed by atoms with Crippen molar-refractivity contribution in [3.8, 4) is 0 Å². The third-order valence-electron chi connectivity index (χ3n) is 1.98. The summed E-state index contributed by atoms with van der Waals surface area (Å²) in [7, 11) is 0. The van der Waals surface area contributed by atoms with E-state index in [-0.39, 0.29) is 5.76 Å². The summed E-state index contributed by atoms with van der Waals surface area (Å²) >= 11 is 0. The molecule has 0 saturated heterocycles. The summed E-state index contributed by atoms with van der Waals surface area (Å²) in [6.07, 6.45) is -4.49. The van der Waals surface area contributed by atoms with Crippen molar-refractivity contribution in [2.75, 3.05) is 6.54 Å². The first-order valence-corrected chi connectivity index (χ1v) is 4.74. The van der Waals surface area contributed by atoms with Gasteiger partial charge in [0.25, 0.3) is 5.56 Å². The van der Waals surface area contributed by atoms with Crippen LogP contribution in [0.15, 0.2) is 15.4 Å². The smallest absolute Gasteiger partial charge is 0.380 e. The zero-order chi connectivity index (χ0) is 13.2. The van der Waals surface area contributed by atoms with Gasteiger partial charge in [0, 0.05) is 6.07 Å². The average Bonchev–Trinajstić information content (AvgIpc) is 2.52. The van der Waals surface area contributed by atoms with E-state index >= 15 is 0 Å². The van der Waals surface area contributed by atoms with E-state index in [2.05, 4.69) is 0 Å². The molecule has 0 aliphatic carbocycles. The summed E-state index contributed by atoms with van der Waals surface area (Å²) in [5.74, 6) is -0.649. The second-order valence-electron chi connectivity index (χ2n) is 3.52. The second kappa shape index (κ2) is 4.64. The van der Waals surface area contributed by atoms with Gasteiger partial charge in [0.15, 0.2) is 0 Å². The highest BCUT2D eigenvalue weighted by Gasteiger charge is 2.29. The molecule has 1 aromatic rings. The van der Waals surface area contributed by atoms with Crippen molar-refractivity contribution < 1.29 is 22.5 Å². The molecule has 1 N–H and O–H groups in total. The number of aryl methyl sites for hydroxylation is 1. The van der Waals surface area contributed by atoms with Crippen LogP contribution in [0.4, 0.5) is 13.2 Å². The van der Waals surface area contributed by atoms with Gasteiger partial charge in [-0.1, -0.05) is 0 Å².